The van der Waals surface area contributed by atoms with E-state index in [2.05, 4.69) is 26.5 Å². The monoisotopic (exact) mass is 215 g/mol. The topological polar surface area (TPSA) is 66.6 Å². The summed E-state index contributed by atoms with van der Waals surface area (Å²) in [6, 6.07) is 5.58. The molecule has 0 saturated heterocycles. The van der Waals surface area contributed by atoms with Crippen LogP contribution in [0, 0.1) is 6.92 Å². The van der Waals surface area contributed by atoms with Crippen LogP contribution in [-0.2, 0) is 6.54 Å². The highest BCUT2D eigenvalue weighted by atomic mass is 15.1. The normalized spacial score (nSPS) is 10.4. The fraction of sp³-hybridized carbons (Fsp3) is 0.364. The molecule has 0 unspecified atom stereocenters. The lowest BCUT2D eigenvalue weighted by molar-refractivity contribution is 0.676. The molecule has 0 amide bonds. The van der Waals surface area contributed by atoms with Crippen LogP contribution in [0.4, 0.5) is 5.69 Å². The Hall–Kier alpha value is -2.00. The molecule has 1 aromatic carbocycles. The molecule has 0 aliphatic heterocycles. The van der Waals surface area contributed by atoms with Crippen LogP contribution in [0.25, 0.3) is 21.5 Å². The summed E-state index contributed by atoms with van der Waals surface area (Å²) in [4.78, 5) is 7.22. The third kappa shape index (κ3) is 1.73. The van der Waals surface area contributed by atoms with Gasteiger partial charge < -0.3 is 4.57 Å². The Balaban J connectivity index is 2.60. The van der Waals surface area contributed by atoms with E-state index in [1.807, 2.05) is 25.1 Å². The van der Waals surface area contributed by atoms with Crippen LogP contribution in [0.3, 0.4) is 0 Å². The van der Waals surface area contributed by atoms with E-state index in [4.69, 9.17) is 5.53 Å². The molecule has 0 atom stereocenters. The Bertz CT molecular complexity index is 563. The number of aryl methyl sites for hydroxylation is 2. The zero-order valence-corrected chi connectivity index (χ0v) is 9.38. The number of rotatable bonds is 3. The molecule has 82 valence electrons. The molecule has 2 rings (SSSR count). The Labute approximate surface area is 93.3 Å². The quantitative estimate of drug-likeness (QED) is 0.437. The van der Waals surface area contributed by atoms with E-state index in [-0.39, 0.29) is 0 Å². The van der Waals surface area contributed by atoms with Gasteiger partial charge in [0.05, 0.1) is 11.0 Å². The fourth-order valence-corrected chi connectivity index (χ4v) is 1.86. The van der Waals surface area contributed by atoms with Crippen LogP contribution in [0.5, 0.6) is 0 Å². The predicted molar refractivity (Wildman–Crippen MR) is 63.6 cm³/mol. The number of azide groups is 1. The lowest BCUT2D eigenvalue weighted by Crippen LogP contribution is -1.98. The van der Waals surface area contributed by atoms with Crippen molar-refractivity contribution in [3.63, 3.8) is 0 Å². The maximum atomic E-state index is 8.37. The molecule has 0 spiro atoms. The third-order valence-electron chi connectivity index (χ3n) is 2.53. The van der Waals surface area contributed by atoms with Crippen molar-refractivity contribution in [3.8, 4) is 0 Å². The molecule has 1 aromatic heterocycles. The molecule has 1 heterocycles. The predicted octanol–water partition coefficient (Wildman–Crippen LogP) is 3.70. The van der Waals surface area contributed by atoms with Gasteiger partial charge in [-0.05, 0) is 31.0 Å². The summed E-state index contributed by atoms with van der Waals surface area (Å²) in [6.45, 7) is 5.09. The van der Waals surface area contributed by atoms with E-state index in [9.17, 15) is 0 Å². The number of fused-ring (bicyclic) bond motifs is 1. The van der Waals surface area contributed by atoms with Gasteiger partial charge in [0, 0.05) is 17.1 Å². The van der Waals surface area contributed by atoms with Gasteiger partial charge in [0.25, 0.3) is 0 Å². The standard InChI is InChI=1S/C11H13N5/c1-3-6-16-8(2)13-10-7-9(14-15-12)4-5-11(10)16/h4-5,7H,3,6H2,1-2H3. The fourth-order valence-electron chi connectivity index (χ4n) is 1.86. The molecule has 0 saturated carbocycles. The number of imidazole rings is 1. The summed E-state index contributed by atoms with van der Waals surface area (Å²) in [6.07, 6.45) is 1.07. The van der Waals surface area contributed by atoms with Crippen LogP contribution in [0.2, 0.25) is 0 Å². The third-order valence-corrected chi connectivity index (χ3v) is 2.53. The van der Waals surface area contributed by atoms with Crippen molar-refractivity contribution < 1.29 is 0 Å². The molecular weight excluding hydrogens is 202 g/mol. The summed E-state index contributed by atoms with van der Waals surface area (Å²) in [7, 11) is 0. The summed E-state index contributed by atoms with van der Waals surface area (Å²) in [5, 5.41) is 3.57. The Morgan fingerprint density at radius 1 is 1.50 bits per heavy atom. The Morgan fingerprint density at radius 2 is 2.31 bits per heavy atom. The lowest BCUT2D eigenvalue weighted by atomic mass is 10.3. The first-order chi connectivity index (χ1) is 7.76. The molecule has 5 heteroatoms. The van der Waals surface area contributed by atoms with Crippen molar-refractivity contribution in [1.29, 1.82) is 0 Å². The molecule has 0 radical (unpaired) electrons. The number of hydrogen-bond donors (Lipinski definition) is 0. The lowest BCUT2D eigenvalue weighted by Gasteiger charge is -2.03. The van der Waals surface area contributed by atoms with Crippen molar-refractivity contribution >= 4 is 16.7 Å². The van der Waals surface area contributed by atoms with Gasteiger partial charge >= 0.3 is 0 Å². The van der Waals surface area contributed by atoms with Gasteiger partial charge in [0.15, 0.2) is 0 Å². The summed E-state index contributed by atoms with van der Waals surface area (Å²) < 4.78 is 2.18. The minimum atomic E-state index is 0.608. The molecule has 0 N–H and O–H groups in total. The second-order valence-corrected chi connectivity index (χ2v) is 3.67. The summed E-state index contributed by atoms with van der Waals surface area (Å²) in [5.41, 5.74) is 11.0. The van der Waals surface area contributed by atoms with Crippen LogP contribution in [0.1, 0.15) is 19.2 Å². The Morgan fingerprint density at radius 3 is 3.00 bits per heavy atom. The first kappa shape index (κ1) is 10.5. The van der Waals surface area contributed by atoms with E-state index in [0.29, 0.717) is 5.69 Å². The minimum absolute atomic E-state index is 0.608. The van der Waals surface area contributed by atoms with Crippen LogP contribution in [0.15, 0.2) is 23.3 Å². The van der Waals surface area contributed by atoms with Gasteiger partial charge in [0.2, 0.25) is 0 Å². The van der Waals surface area contributed by atoms with Gasteiger partial charge in [0.1, 0.15) is 5.82 Å². The van der Waals surface area contributed by atoms with E-state index < -0.39 is 0 Å². The Kier molecular flexibility index (Phi) is 2.79. The first-order valence-corrected chi connectivity index (χ1v) is 5.28. The van der Waals surface area contributed by atoms with Gasteiger partial charge in [-0.2, -0.15) is 0 Å². The van der Waals surface area contributed by atoms with E-state index in [1.54, 1.807) is 0 Å². The number of aromatic nitrogens is 2. The van der Waals surface area contributed by atoms with Gasteiger partial charge in [-0.25, -0.2) is 4.98 Å². The zero-order chi connectivity index (χ0) is 11.5. The van der Waals surface area contributed by atoms with Crippen LogP contribution in [-0.4, -0.2) is 9.55 Å². The number of hydrogen-bond acceptors (Lipinski definition) is 2. The maximum Gasteiger partial charge on any atom is 0.106 e. The minimum Gasteiger partial charge on any atom is -0.328 e. The van der Waals surface area contributed by atoms with Gasteiger partial charge in [-0.15, -0.1) is 0 Å². The van der Waals surface area contributed by atoms with Crippen molar-refractivity contribution in [3.05, 3.63) is 34.5 Å². The van der Waals surface area contributed by atoms with Crippen molar-refractivity contribution in [1.82, 2.24) is 9.55 Å². The van der Waals surface area contributed by atoms with E-state index >= 15 is 0 Å². The van der Waals surface area contributed by atoms with Crippen molar-refractivity contribution in [2.24, 2.45) is 5.11 Å². The maximum absolute atomic E-state index is 8.37. The van der Waals surface area contributed by atoms with Crippen LogP contribution >= 0.6 is 0 Å². The second-order valence-electron chi connectivity index (χ2n) is 3.67. The highest BCUT2D eigenvalue weighted by Gasteiger charge is 2.06. The zero-order valence-electron chi connectivity index (χ0n) is 9.38. The SMILES string of the molecule is CCCn1c(C)nc2cc(N=[N+]=[N-])ccc21. The molecule has 2 aromatic rings. The average molecular weight is 215 g/mol. The highest BCUT2D eigenvalue weighted by Crippen LogP contribution is 2.22. The molecule has 5 nitrogen and oxygen atoms in total. The van der Waals surface area contributed by atoms with Gasteiger partial charge in [-0.3, -0.25) is 0 Å². The van der Waals surface area contributed by atoms with Crippen LogP contribution < -0.4 is 0 Å². The van der Waals surface area contributed by atoms with Crippen molar-refractivity contribution in [2.75, 3.05) is 0 Å². The van der Waals surface area contributed by atoms with Crippen molar-refractivity contribution in [2.45, 2.75) is 26.8 Å². The summed E-state index contributed by atoms with van der Waals surface area (Å²) in [5.74, 6) is 0.995. The second kappa shape index (κ2) is 4.24. The van der Waals surface area contributed by atoms with Gasteiger partial charge in [-0.1, -0.05) is 18.1 Å². The van der Waals surface area contributed by atoms with E-state index in [0.717, 1.165) is 29.8 Å². The molecule has 0 aliphatic carbocycles. The first-order valence-electron chi connectivity index (χ1n) is 5.28. The number of nitrogens with zero attached hydrogens (tertiary/aromatic N) is 5. The molecule has 0 bridgehead atoms. The highest BCUT2D eigenvalue weighted by molar-refractivity contribution is 5.79. The molecule has 0 aliphatic rings. The molecule has 16 heavy (non-hydrogen) atoms. The average Bonchev–Trinajstić information content (AvgIpc) is 2.56. The molecule has 0 fully saturated rings. The van der Waals surface area contributed by atoms with E-state index in [1.165, 1.54) is 0 Å². The summed E-state index contributed by atoms with van der Waals surface area (Å²) >= 11 is 0. The smallest absolute Gasteiger partial charge is 0.106 e. The molecular formula is C11H13N5. The number of benzene rings is 1. The largest absolute Gasteiger partial charge is 0.328 e.